The number of hydrogen-bond acceptors (Lipinski definition) is 4. The van der Waals surface area contributed by atoms with Gasteiger partial charge in [0.2, 0.25) is 0 Å². The highest BCUT2D eigenvalue weighted by Gasteiger charge is 2.29. The van der Waals surface area contributed by atoms with Gasteiger partial charge < -0.3 is 4.90 Å². The Morgan fingerprint density at radius 1 is 0.867 bits per heavy atom. The standard InChI is InChI=1S/C25H37N5/c1-3-8-21(9-4-1)25-22(18-26-27-25)19-28-13-7-12-24(20-28)30-16-14-29(15-17-30)23-10-5-2-6-11-23/h2,5-6,10-11,18,21,24H,1,3-4,7-9,12-17,19-20H2,(H,26,27)/t24-/m0/s1. The first kappa shape index (κ1) is 20.1. The van der Waals surface area contributed by atoms with Gasteiger partial charge in [-0.15, -0.1) is 0 Å². The lowest BCUT2D eigenvalue weighted by Gasteiger charge is -2.44. The third kappa shape index (κ3) is 4.57. The van der Waals surface area contributed by atoms with Crippen LogP contribution in [0.5, 0.6) is 0 Å². The Labute approximate surface area is 181 Å². The topological polar surface area (TPSA) is 38.4 Å². The fraction of sp³-hybridized carbons (Fsp3) is 0.640. The maximum absolute atomic E-state index is 4.44. The van der Waals surface area contributed by atoms with Gasteiger partial charge in [0.1, 0.15) is 0 Å². The summed E-state index contributed by atoms with van der Waals surface area (Å²) in [5.74, 6) is 0.711. The van der Waals surface area contributed by atoms with Crippen molar-refractivity contribution in [2.24, 2.45) is 0 Å². The molecule has 1 aliphatic carbocycles. The molecule has 5 rings (SSSR count). The number of aromatic nitrogens is 2. The minimum atomic E-state index is 0.710. The zero-order valence-electron chi connectivity index (χ0n) is 18.3. The molecule has 3 fully saturated rings. The molecular weight excluding hydrogens is 370 g/mol. The molecule has 0 bridgehead atoms. The van der Waals surface area contributed by atoms with E-state index in [9.17, 15) is 0 Å². The molecule has 0 spiro atoms. The van der Waals surface area contributed by atoms with E-state index >= 15 is 0 Å². The number of para-hydroxylation sites is 1. The molecule has 2 aliphatic heterocycles. The molecule has 5 heteroatoms. The van der Waals surface area contributed by atoms with Crippen LogP contribution in [-0.2, 0) is 6.54 Å². The van der Waals surface area contributed by atoms with Gasteiger partial charge in [0.15, 0.2) is 0 Å². The van der Waals surface area contributed by atoms with E-state index in [0.717, 1.165) is 19.6 Å². The number of likely N-dealkylation sites (tertiary alicyclic amines) is 1. The Kier molecular flexibility index (Phi) is 6.37. The lowest BCUT2D eigenvalue weighted by molar-refractivity contribution is 0.0885. The molecule has 2 aromatic rings. The Morgan fingerprint density at radius 2 is 1.67 bits per heavy atom. The molecule has 1 N–H and O–H groups in total. The number of benzene rings is 1. The van der Waals surface area contributed by atoms with Gasteiger partial charge in [0.25, 0.3) is 0 Å². The Hall–Kier alpha value is -1.85. The second-order valence-electron chi connectivity index (χ2n) is 9.53. The van der Waals surface area contributed by atoms with E-state index in [4.69, 9.17) is 0 Å². The molecule has 5 nitrogen and oxygen atoms in total. The number of piperazine rings is 1. The Balaban J connectivity index is 1.16. The molecule has 1 atom stereocenters. The number of nitrogens with one attached hydrogen (secondary N) is 1. The van der Waals surface area contributed by atoms with Crippen LogP contribution in [0.1, 0.15) is 62.1 Å². The van der Waals surface area contributed by atoms with Crippen molar-refractivity contribution in [3.8, 4) is 0 Å². The summed E-state index contributed by atoms with van der Waals surface area (Å²) in [6.45, 7) is 8.18. The zero-order valence-corrected chi connectivity index (χ0v) is 18.3. The van der Waals surface area contributed by atoms with E-state index in [0.29, 0.717) is 12.0 Å². The average Bonchev–Trinajstić information content (AvgIpc) is 3.29. The van der Waals surface area contributed by atoms with Crippen molar-refractivity contribution < 1.29 is 0 Å². The molecule has 3 aliphatic rings. The van der Waals surface area contributed by atoms with Crippen molar-refractivity contribution in [2.45, 2.75) is 63.5 Å². The van der Waals surface area contributed by atoms with Gasteiger partial charge in [-0.25, -0.2) is 0 Å². The van der Waals surface area contributed by atoms with Crippen LogP contribution >= 0.6 is 0 Å². The number of hydrogen-bond donors (Lipinski definition) is 1. The first-order chi connectivity index (χ1) is 14.9. The molecular formula is C25H37N5. The zero-order chi connectivity index (χ0) is 20.2. The lowest BCUT2D eigenvalue weighted by Crippen LogP contribution is -2.55. The fourth-order valence-electron chi connectivity index (χ4n) is 5.89. The molecule has 3 heterocycles. The Bertz CT molecular complexity index is 774. The highest BCUT2D eigenvalue weighted by atomic mass is 15.3. The number of nitrogens with zero attached hydrogens (tertiary/aromatic N) is 4. The van der Waals surface area contributed by atoms with Crippen LogP contribution in [0, 0.1) is 0 Å². The van der Waals surface area contributed by atoms with Gasteiger partial charge in [-0.05, 0) is 44.4 Å². The van der Waals surface area contributed by atoms with Crippen molar-refractivity contribution in [2.75, 3.05) is 44.2 Å². The lowest BCUT2D eigenvalue weighted by atomic mass is 9.85. The minimum Gasteiger partial charge on any atom is -0.369 e. The van der Waals surface area contributed by atoms with E-state index in [-0.39, 0.29) is 0 Å². The summed E-state index contributed by atoms with van der Waals surface area (Å²) in [5.41, 5.74) is 4.27. The van der Waals surface area contributed by atoms with Crippen molar-refractivity contribution in [1.29, 1.82) is 0 Å². The molecule has 0 radical (unpaired) electrons. The number of rotatable bonds is 5. The maximum atomic E-state index is 4.44. The van der Waals surface area contributed by atoms with Crippen LogP contribution in [0.25, 0.3) is 0 Å². The smallest absolute Gasteiger partial charge is 0.0535 e. The maximum Gasteiger partial charge on any atom is 0.0535 e. The van der Waals surface area contributed by atoms with Crippen LogP contribution in [0.15, 0.2) is 36.5 Å². The normalized spacial score (nSPS) is 24.9. The molecule has 1 aromatic carbocycles. The monoisotopic (exact) mass is 407 g/mol. The van der Waals surface area contributed by atoms with Gasteiger partial charge in [-0.3, -0.25) is 14.9 Å². The molecule has 1 aromatic heterocycles. The third-order valence-corrected chi connectivity index (χ3v) is 7.59. The van der Waals surface area contributed by atoms with Crippen LogP contribution in [0.3, 0.4) is 0 Å². The Morgan fingerprint density at radius 3 is 2.47 bits per heavy atom. The van der Waals surface area contributed by atoms with Gasteiger partial charge >= 0.3 is 0 Å². The predicted octanol–water partition coefficient (Wildman–Crippen LogP) is 4.24. The second-order valence-corrected chi connectivity index (χ2v) is 9.53. The van der Waals surface area contributed by atoms with E-state index in [2.05, 4.69) is 61.4 Å². The molecule has 0 amide bonds. The second kappa shape index (κ2) is 9.52. The van der Waals surface area contributed by atoms with Crippen LogP contribution in [-0.4, -0.2) is 65.3 Å². The number of H-pyrrole nitrogens is 1. The fourth-order valence-corrected chi connectivity index (χ4v) is 5.89. The summed E-state index contributed by atoms with van der Waals surface area (Å²) in [4.78, 5) is 7.98. The first-order valence-electron chi connectivity index (χ1n) is 12.2. The average molecular weight is 408 g/mol. The minimum absolute atomic E-state index is 0.710. The van der Waals surface area contributed by atoms with Crippen LogP contribution in [0.2, 0.25) is 0 Å². The van der Waals surface area contributed by atoms with E-state index in [1.807, 2.05) is 0 Å². The van der Waals surface area contributed by atoms with Crippen molar-refractivity contribution in [1.82, 2.24) is 20.0 Å². The summed E-state index contributed by atoms with van der Waals surface area (Å²) in [6.07, 6.45) is 11.6. The summed E-state index contributed by atoms with van der Waals surface area (Å²) in [6, 6.07) is 11.6. The summed E-state index contributed by atoms with van der Waals surface area (Å²) >= 11 is 0. The molecule has 1 saturated carbocycles. The van der Waals surface area contributed by atoms with Crippen molar-refractivity contribution in [3.05, 3.63) is 47.8 Å². The first-order valence-corrected chi connectivity index (χ1v) is 12.2. The quantitative estimate of drug-likeness (QED) is 0.804. The van der Waals surface area contributed by atoms with E-state index < -0.39 is 0 Å². The largest absolute Gasteiger partial charge is 0.369 e. The van der Waals surface area contributed by atoms with Gasteiger partial charge in [0.05, 0.1) is 6.20 Å². The highest BCUT2D eigenvalue weighted by molar-refractivity contribution is 5.46. The highest BCUT2D eigenvalue weighted by Crippen LogP contribution is 2.34. The van der Waals surface area contributed by atoms with E-state index in [1.54, 1.807) is 0 Å². The van der Waals surface area contributed by atoms with Crippen LogP contribution in [0.4, 0.5) is 5.69 Å². The third-order valence-electron chi connectivity index (χ3n) is 7.59. The summed E-state index contributed by atoms with van der Waals surface area (Å²) < 4.78 is 0. The summed E-state index contributed by atoms with van der Waals surface area (Å²) in [5, 5.41) is 7.81. The number of aromatic amines is 1. The number of piperidine rings is 1. The SMILES string of the molecule is c1ccc(N2CCN([C@H]3CCCN(Cc4cn[nH]c4C4CCCCC4)C3)CC2)cc1. The molecule has 30 heavy (non-hydrogen) atoms. The molecule has 2 saturated heterocycles. The van der Waals surface area contributed by atoms with Gasteiger partial charge in [0, 0.05) is 68.2 Å². The van der Waals surface area contributed by atoms with Gasteiger partial charge in [-0.2, -0.15) is 5.10 Å². The van der Waals surface area contributed by atoms with Crippen LogP contribution < -0.4 is 4.90 Å². The van der Waals surface area contributed by atoms with Crippen molar-refractivity contribution in [3.63, 3.8) is 0 Å². The molecule has 0 unspecified atom stereocenters. The summed E-state index contributed by atoms with van der Waals surface area (Å²) in [7, 11) is 0. The predicted molar refractivity (Wildman–Crippen MR) is 123 cm³/mol. The van der Waals surface area contributed by atoms with Gasteiger partial charge in [-0.1, -0.05) is 37.5 Å². The number of anilines is 1. The molecule has 162 valence electrons. The van der Waals surface area contributed by atoms with Crippen molar-refractivity contribution >= 4 is 5.69 Å². The van der Waals surface area contributed by atoms with E-state index in [1.165, 1.54) is 88.1 Å².